The second-order valence-corrected chi connectivity index (χ2v) is 7.50. The molecule has 1 N–H and O–H groups in total. The van der Waals surface area contributed by atoms with Crippen molar-refractivity contribution in [3.05, 3.63) is 60.4 Å². The number of thioether (sulfide) groups is 1. The molecule has 1 heterocycles. The van der Waals surface area contributed by atoms with Gasteiger partial charge in [-0.15, -0.1) is 11.8 Å². The minimum absolute atomic E-state index is 0.0895. The number of nitrogens with zero attached hydrogens (tertiary/aromatic N) is 1. The first kappa shape index (κ1) is 17.5. The molecule has 3 nitrogen and oxygen atoms in total. The first-order valence-corrected chi connectivity index (χ1v) is 8.85. The van der Waals surface area contributed by atoms with Crippen LogP contribution in [0.15, 0.2) is 59.8 Å². The quantitative estimate of drug-likeness (QED) is 0.778. The Balaban J connectivity index is 1.92. The van der Waals surface area contributed by atoms with Crippen molar-refractivity contribution in [2.24, 2.45) is 5.92 Å². The number of rotatable bonds is 7. The molecule has 0 bridgehead atoms. The maximum Gasteiger partial charge on any atom is 0.227 e. The first-order chi connectivity index (χ1) is 11.1. The van der Waals surface area contributed by atoms with Gasteiger partial charge in [-0.2, -0.15) is 0 Å². The van der Waals surface area contributed by atoms with Gasteiger partial charge in [0.05, 0.1) is 5.92 Å². The number of nitrogens with one attached hydrogen (secondary N) is 1. The van der Waals surface area contributed by atoms with E-state index in [1.54, 1.807) is 24.2 Å². The minimum atomic E-state index is -0.132. The SMILES string of the molecule is CC(C)[C@@H](C(=O)NC[C@H](C)Sc1ccccc1)c1ccncc1. The maximum absolute atomic E-state index is 12.6. The highest BCUT2D eigenvalue weighted by atomic mass is 32.2. The second-order valence-electron chi connectivity index (χ2n) is 5.99. The van der Waals surface area contributed by atoms with E-state index in [1.807, 2.05) is 30.3 Å². The number of carbonyl (C=O) groups excluding carboxylic acids is 1. The Morgan fingerprint density at radius 3 is 2.35 bits per heavy atom. The van der Waals surface area contributed by atoms with Crippen LogP contribution in [-0.4, -0.2) is 22.7 Å². The van der Waals surface area contributed by atoms with Gasteiger partial charge in [0.15, 0.2) is 0 Å². The van der Waals surface area contributed by atoms with Crippen molar-refractivity contribution < 1.29 is 4.79 Å². The van der Waals surface area contributed by atoms with E-state index in [1.165, 1.54) is 4.90 Å². The van der Waals surface area contributed by atoms with Gasteiger partial charge in [-0.25, -0.2) is 0 Å². The molecule has 2 atom stereocenters. The third-order valence-electron chi connectivity index (χ3n) is 3.66. The van der Waals surface area contributed by atoms with Gasteiger partial charge in [-0.1, -0.05) is 39.0 Å². The summed E-state index contributed by atoms with van der Waals surface area (Å²) >= 11 is 1.78. The van der Waals surface area contributed by atoms with Crippen molar-refractivity contribution in [1.29, 1.82) is 0 Å². The van der Waals surface area contributed by atoms with Gasteiger partial charge in [-0.3, -0.25) is 9.78 Å². The molecule has 0 saturated heterocycles. The second kappa shape index (κ2) is 8.73. The lowest BCUT2D eigenvalue weighted by molar-refractivity contribution is -0.123. The van der Waals surface area contributed by atoms with E-state index < -0.39 is 0 Å². The molecule has 1 amide bonds. The molecule has 2 rings (SSSR count). The highest BCUT2D eigenvalue weighted by Crippen LogP contribution is 2.25. The predicted molar refractivity (Wildman–Crippen MR) is 96.6 cm³/mol. The molecule has 122 valence electrons. The van der Waals surface area contributed by atoms with Crippen LogP contribution in [0.25, 0.3) is 0 Å². The summed E-state index contributed by atoms with van der Waals surface area (Å²) < 4.78 is 0. The number of pyridine rings is 1. The minimum Gasteiger partial charge on any atom is -0.354 e. The summed E-state index contributed by atoms with van der Waals surface area (Å²) in [7, 11) is 0. The third-order valence-corrected chi connectivity index (χ3v) is 4.77. The van der Waals surface area contributed by atoms with Crippen LogP contribution in [0, 0.1) is 5.92 Å². The molecule has 0 spiro atoms. The first-order valence-electron chi connectivity index (χ1n) is 7.97. The Hall–Kier alpha value is -1.81. The summed E-state index contributed by atoms with van der Waals surface area (Å²) in [6, 6.07) is 14.1. The number of hydrogen-bond acceptors (Lipinski definition) is 3. The van der Waals surface area contributed by atoms with E-state index in [2.05, 4.69) is 43.2 Å². The Kier molecular flexibility index (Phi) is 6.66. The molecule has 1 aromatic carbocycles. The van der Waals surface area contributed by atoms with Gasteiger partial charge in [0, 0.05) is 29.1 Å². The highest BCUT2D eigenvalue weighted by Gasteiger charge is 2.24. The van der Waals surface area contributed by atoms with Crippen molar-refractivity contribution in [2.75, 3.05) is 6.54 Å². The van der Waals surface area contributed by atoms with Gasteiger partial charge < -0.3 is 5.32 Å². The fourth-order valence-corrected chi connectivity index (χ4v) is 3.48. The zero-order valence-electron chi connectivity index (χ0n) is 13.9. The molecule has 1 aromatic heterocycles. The monoisotopic (exact) mass is 328 g/mol. The summed E-state index contributed by atoms with van der Waals surface area (Å²) in [6.45, 7) is 6.95. The number of amides is 1. The summed E-state index contributed by atoms with van der Waals surface area (Å²) in [5.41, 5.74) is 1.02. The molecule has 0 aliphatic rings. The fourth-order valence-electron chi connectivity index (χ4n) is 2.54. The number of benzene rings is 1. The smallest absolute Gasteiger partial charge is 0.227 e. The lowest BCUT2D eigenvalue weighted by atomic mass is 9.88. The Bertz CT molecular complexity index is 601. The topological polar surface area (TPSA) is 42.0 Å². The molecule has 0 saturated carbocycles. The summed E-state index contributed by atoms with van der Waals surface area (Å²) in [6.07, 6.45) is 3.48. The maximum atomic E-state index is 12.6. The van der Waals surface area contributed by atoms with Crippen LogP contribution in [0.5, 0.6) is 0 Å². The molecule has 2 aromatic rings. The number of carbonyl (C=O) groups is 1. The standard InChI is InChI=1S/C19H24N2OS/c1-14(2)18(16-9-11-20-12-10-16)19(22)21-13-15(3)23-17-7-5-4-6-8-17/h4-12,14-15,18H,13H2,1-3H3,(H,21,22)/t15-,18+/m0/s1. The summed E-state index contributed by atoms with van der Waals surface area (Å²) in [4.78, 5) is 17.9. The van der Waals surface area contributed by atoms with Crippen LogP contribution >= 0.6 is 11.8 Å². The van der Waals surface area contributed by atoms with Crippen LogP contribution in [0.3, 0.4) is 0 Å². The molecular formula is C19H24N2OS. The normalized spacial score (nSPS) is 13.6. The van der Waals surface area contributed by atoms with Gasteiger partial charge in [-0.05, 0) is 35.7 Å². The number of aromatic nitrogens is 1. The molecule has 4 heteroatoms. The van der Waals surface area contributed by atoms with Crippen molar-refractivity contribution >= 4 is 17.7 Å². The van der Waals surface area contributed by atoms with Crippen LogP contribution in [-0.2, 0) is 4.79 Å². The van der Waals surface area contributed by atoms with Gasteiger partial charge in [0.1, 0.15) is 0 Å². The zero-order valence-corrected chi connectivity index (χ0v) is 14.7. The molecule has 0 radical (unpaired) electrons. The van der Waals surface area contributed by atoms with E-state index >= 15 is 0 Å². The van der Waals surface area contributed by atoms with Crippen molar-refractivity contribution in [3.63, 3.8) is 0 Å². The summed E-state index contributed by atoms with van der Waals surface area (Å²) in [5.74, 6) is 0.202. The molecule has 23 heavy (non-hydrogen) atoms. The molecule has 0 aliphatic carbocycles. The van der Waals surface area contributed by atoms with E-state index in [0.29, 0.717) is 11.8 Å². The predicted octanol–water partition coefficient (Wildman–Crippen LogP) is 4.12. The van der Waals surface area contributed by atoms with Crippen LogP contribution in [0.1, 0.15) is 32.3 Å². The van der Waals surface area contributed by atoms with Crippen molar-refractivity contribution in [2.45, 2.75) is 36.8 Å². The van der Waals surface area contributed by atoms with Crippen LogP contribution in [0.2, 0.25) is 0 Å². The van der Waals surface area contributed by atoms with E-state index in [-0.39, 0.29) is 17.7 Å². The van der Waals surface area contributed by atoms with E-state index in [0.717, 1.165) is 5.56 Å². The molecular weight excluding hydrogens is 304 g/mol. The number of hydrogen-bond donors (Lipinski definition) is 1. The lowest BCUT2D eigenvalue weighted by Gasteiger charge is -2.22. The summed E-state index contributed by atoms with van der Waals surface area (Å²) in [5, 5.41) is 3.43. The third kappa shape index (κ3) is 5.39. The van der Waals surface area contributed by atoms with Crippen molar-refractivity contribution in [1.82, 2.24) is 10.3 Å². The average Bonchev–Trinajstić information content (AvgIpc) is 2.55. The van der Waals surface area contributed by atoms with E-state index in [9.17, 15) is 4.79 Å². The molecule has 0 aliphatic heterocycles. The highest BCUT2D eigenvalue weighted by molar-refractivity contribution is 8.00. The van der Waals surface area contributed by atoms with Crippen LogP contribution < -0.4 is 5.32 Å². The Morgan fingerprint density at radius 1 is 1.09 bits per heavy atom. The molecule has 0 fully saturated rings. The van der Waals surface area contributed by atoms with Crippen LogP contribution in [0.4, 0.5) is 0 Å². The molecule has 0 unspecified atom stereocenters. The van der Waals surface area contributed by atoms with Gasteiger partial charge >= 0.3 is 0 Å². The van der Waals surface area contributed by atoms with Gasteiger partial charge in [0.2, 0.25) is 5.91 Å². The Morgan fingerprint density at radius 2 is 1.74 bits per heavy atom. The largest absolute Gasteiger partial charge is 0.354 e. The van der Waals surface area contributed by atoms with E-state index in [4.69, 9.17) is 0 Å². The fraction of sp³-hybridized carbons (Fsp3) is 0.368. The Labute approximate surface area is 142 Å². The van der Waals surface area contributed by atoms with Gasteiger partial charge in [0.25, 0.3) is 0 Å². The zero-order chi connectivity index (χ0) is 16.7. The van der Waals surface area contributed by atoms with Crippen molar-refractivity contribution in [3.8, 4) is 0 Å². The average molecular weight is 328 g/mol. The lowest BCUT2D eigenvalue weighted by Crippen LogP contribution is -2.35.